The number of carboxylic acids is 1. The van der Waals surface area contributed by atoms with Gasteiger partial charge in [-0.25, -0.2) is 8.78 Å². The van der Waals surface area contributed by atoms with Gasteiger partial charge in [-0.2, -0.15) is 0 Å². The number of thioether (sulfide) groups is 1. The maximum absolute atomic E-state index is 14.6. The number of hydrogen-bond acceptors (Lipinski definition) is 7. The number of rotatable bonds is 10. The minimum atomic E-state index is -0.884. The Labute approximate surface area is 210 Å². The van der Waals surface area contributed by atoms with Gasteiger partial charge in [-0.15, -0.1) is 23.1 Å². The van der Waals surface area contributed by atoms with E-state index in [0.29, 0.717) is 42.6 Å². The first-order valence-electron chi connectivity index (χ1n) is 11.3. The van der Waals surface area contributed by atoms with E-state index in [9.17, 15) is 23.5 Å². The summed E-state index contributed by atoms with van der Waals surface area (Å²) in [5, 5.41) is 11.7. The van der Waals surface area contributed by atoms with Gasteiger partial charge in [0.15, 0.2) is 11.6 Å². The van der Waals surface area contributed by atoms with Crippen LogP contribution in [-0.2, 0) is 4.79 Å². The predicted molar refractivity (Wildman–Crippen MR) is 132 cm³/mol. The highest BCUT2D eigenvalue weighted by Crippen LogP contribution is 2.32. The van der Waals surface area contributed by atoms with Crippen LogP contribution >= 0.6 is 23.1 Å². The number of halogens is 2. The average Bonchev–Trinajstić information content (AvgIpc) is 3.27. The number of carbonyl (C=O) groups is 2. The number of carbonyl (C=O) groups excluding carboxylic acids is 1. The fourth-order valence-electron chi connectivity index (χ4n) is 4.54. The monoisotopic (exact) mass is 520 g/mol. The number of methoxy groups -OCH3 is 1. The zero-order valence-corrected chi connectivity index (χ0v) is 20.8. The molecule has 0 aliphatic carbocycles. The van der Waals surface area contributed by atoms with Crippen LogP contribution in [0, 0.1) is 23.5 Å². The van der Waals surface area contributed by atoms with Crippen LogP contribution in [0.2, 0.25) is 0 Å². The molecular weight excluding hydrogens is 494 g/mol. The molecule has 1 aliphatic rings. The van der Waals surface area contributed by atoms with Crippen LogP contribution in [0.4, 0.5) is 8.78 Å². The van der Waals surface area contributed by atoms with Crippen molar-refractivity contribution < 1.29 is 28.2 Å². The van der Waals surface area contributed by atoms with Gasteiger partial charge in [0, 0.05) is 36.0 Å². The van der Waals surface area contributed by atoms with Crippen molar-refractivity contribution in [3.63, 3.8) is 0 Å². The smallest absolute Gasteiger partial charge is 0.308 e. The number of Topliss-reactive ketones (excluding diaryl/α,β-unsaturated/α-hetero) is 1. The van der Waals surface area contributed by atoms with Crippen molar-refractivity contribution in [1.29, 1.82) is 0 Å². The second kappa shape index (κ2) is 11.5. The number of fused-ring (bicyclic) bond motifs is 1. The third-order valence-electron chi connectivity index (χ3n) is 6.40. The van der Waals surface area contributed by atoms with Crippen molar-refractivity contribution in [2.45, 2.75) is 23.5 Å². The number of pyridine rings is 1. The highest BCUT2D eigenvalue weighted by Gasteiger charge is 2.34. The maximum atomic E-state index is 14.6. The molecule has 1 aromatic carbocycles. The van der Waals surface area contributed by atoms with Crippen LogP contribution < -0.4 is 4.74 Å². The lowest BCUT2D eigenvalue weighted by molar-refractivity contribution is -0.146. The number of nitrogens with zero attached hydrogens (tertiary/aromatic N) is 2. The molecule has 4 rings (SSSR count). The van der Waals surface area contributed by atoms with Crippen LogP contribution in [0.1, 0.15) is 29.6 Å². The second-order valence-corrected chi connectivity index (χ2v) is 10.9. The fourth-order valence-corrected chi connectivity index (χ4v) is 6.43. The van der Waals surface area contributed by atoms with Crippen LogP contribution in [-0.4, -0.2) is 59.2 Å². The minimum absolute atomic E-state index is 0.0275. The van der Waals surface area contributed by atoms with E-state index < -0.39 is 17.7 Å². The molecule has 0 saturated carbocycles. The van der Waals surface area contributed by atoms with E-state index in [4.69, 9.17) is 4.74 Å². The van der Waals surface area contributed by atoms with E-state index in [1.807, 2.05) is 0 Å². The molecule has 2 atom stereocenters. The molecule has 0 spiro atoms. The van der Waals surface area contributed by atoms with E-state index in [0.717, 1.165) is 22.7 Å². The first kappa shape index (κ1) is 25.5. The number of piperidine rings is 1. The Morgan fingerprint density at radius 3 is 2.86 bits per heavy atom. The first-order valence-corrected chi connectivity index (χ1v) is 13.2. The van der Waals surface area contributed by atoms with Crippen molar-refractivity contribution in [2.24, 2.45) is 11.8 Å². The summed E-state index contributed by atoms with van der Waals surface area (Å²) in [6.45, 7) is 1.83. The zero-order chi connectivity index (χ0) is 24.9. The highest BCUT2D eigenvalue weighted by atomic mass is 32.2. The molecule has 3 aromatic rings. The third kappa shape index (κ3) is 6.17. The number of carboxylic acid groups (broad SMARTS) is 1. The van der Waals surface area contributed by atoms with Gasteiger partial charge in [0.2, 0.25) is 0 Å². The minimum Gasteiger partial charge on any atom is -0.497 e. The molecule has 0 radical (unpaired) electrons. The van der Waals surface area contributed by atoms with Gasteiger partial charge in [-0.3, -0.25) is 14.6 Å². The molecule has 10 heteroatoms. The molecule has 186 valence electrons. The molecular formula is C25H26F2N2O4S2. The lowest BCUT2D eigenvalue weighted by Gasteiger charge is -2.36. The lowest BCUT2D eigenvalue weighted by atomic mass is 9.81. The van der Waals surface area contributed by atoms with Gasteiger partial charge in [0.05, 0.1) is 34.5 Å². The average molecular weight is 521 g/mol. The van der Waals surface area contributed by atoms with Crippen LogP contribution in [0.5, 0.6) is 5.75 Å². The molecule has 35 heavy (non-hydrogen) atoms. The number of thiophene rings is 1. The number of hydrogen-bond donors (Lipinski definition) is 1. The second-order valence-electron chi connectivity index (χ2n) is 8.55. The highest BCUT2D eigenvalue weighted by molar-refractivity contribution is 8.01. The molecule has 1 aliphatic heterocycles. The van der Waals surface area contributed by atoms with E-state index >= 15 is 0 Å². The van der Waals surface area contributed by atoms with Gasteiger partial charge in [-0.1, -0.05) is 0 Å². The molecule has 0 unspecified atom stereocenters. The third-order valence-corrected chi connectivity index (χ3v) is 8.53. The normalized spacial score (nSPS) is 18.6. The summed E-state index contributed by atoms with van der Waals surface area (Å²) < 4.78 is 33.9. The molecule has 1 saturated heterocycles. The Kier molecular flexibility index (Phi) is 8.35. The topological polar surface area (TPSA) is 79.7 Å². The predicted octanol–water partition coefficient (Wildman–Crippen LogP) is 5.36. The number of likely N-dealkylation sites (tertiary alicyclic amines) is 1. The van der Waals surface area contributed by atoms with Crippen molar-refractivity contribution in [2.75, 3.05) is 32.5 Å². The Hall–Kier alpha value is -2.56. The van der Waals surface area contributed by atoms with Crippen molar-refractivity contribution in [3.05, 3.63) is 53.0 Å². The van der Waals surface area contributed by atoms with Crippen molar-refractivity contribution in [3.8, 4) is 5.75 Å². The van der Waals surface area contributed by atoms with E-state index in [1.54, 1.807) is 30.0 Å². The molecule has 2 aromatic heterocycles. The molecule has 1 N–H and O–H groups in total. The standard InChI is InChI=1S/C25H26F2N2O4S2/c1-33-17-3-4-21-18(11-17)24(20(27)12-28-21)22(30)5-2-15-6-7-29(13-19(15)25(31)32)8-9-34-23-10-16(26)14-35-23/h3-4,10-12,14-15,19H,2,5-9,13H2,1H3,(H,31,32)/t15-,19+/m0/s1. The summed E-state index contributed by atoms with van der Waals surface area (Å²) in [6.07, 6.45) is 2.13. The number of benzene rings is 1. The zero-order valence-electron chi connectivity index (χ0n) is 19.2. The van der Waals surface area contributed by atoms with Gasteiger partial charge in [0.1, 0.15) is 11.6 Å². The Bertz CT molecular complexity index is 1220. The summed E-state index contributed by atoms with van der Waals surface area (Å²) in [4.78, 5) is 31.2. The van der Waals surface area contributed by atoms with Gasteiger partial charge in [0.25, 0.3) is 0 Å². The van der Waals surface area contributed by atoms with Gasteiger partial charge < -0.3 is 14.7 Å². The SMILES string of the molecule is COc1ccc2ncc(F)c(C(=O)CC[C@H]3CCN(CCSc4cc(F)cs4)C[C@H]3C(=O)O)c2c1. The number of aromatic nitrogens is 1. The summed E-state index contributed by atoms with van der Waals surface area (Å²) in [7, 11) is 1.49. The number of ketones is 1. The van der Waals surface area contributed by atoms with Crippen LogP contribution in [0.25, 0.3) is 10.9 Å². The van der Waals surface area contributed by atoms with E-state index in [2.05, 4.69) is 9.88 Å². The van der Waals surface area contributed by atoms with Crippen molar-refractivity contribution in [1.82, 2.24) is 9.88 Å². The summed E-state index contributed by atoms with van der Waals surface area (Å²) in [5.41, 5.74) is 0.468. The Morgan fingerprint density at radius 2 is 2.14 bits per heavy atom. The van der Waals surface area contributed by atoms with Gasteiger partial charge >= 0.3 is 5.97 Å². The molecule has 1 fully saturated rings. The molecule has 3 heterocycles. The quantitative estimate of drug-likeness (QED) is 0.285. The summed E-state index contributed by atoms with van der Waals surface area (Å²) >= 11 is 2.92. The molecule has 0 bridgehead atoms. The van der Waals surface area contributed by atoms with Gasteiger partial charge in [-0.05, 0) is 49.6 Å². The first-order chi connectivity index (χ1) is 16.9. The molecule has 0 amide bonds. The fraction of sp³-hybridized carbons (Fsp3) is 0.400. The Morgan fingerprint density at radius 1 is 1.31 bits per heavy atom. The molecule has 6 nitrogen and oxygen atoms in total. The van der Waals surface area contributed by atoms with E-state index in [-0.39, 0.29) is 29.5 Å². The van der Waals surface area contributed by atoms with E-state index in [1.165, 1.54) is 29.9 Å². The number of aliphatic carboxylic acids is 1. The largest absolute Gasteiger partial charge is 0.497 e. The summed E-state index contributed by atoms with van der Waals surface area (Å²) in [6, 6.07) is 6.47. The lowest BCUT2D eigenvalue weighted by Crippen LogP contribution is -2.44. The maximum Gasteiger partial charge on any atom is 0.308 e. The van der Waals surface area contributed by atoms with Crippen molar-refractivity contribution >= 4 is 45.8 Å². The summed E-state index contributed by atoms with van der Waals surface area (Å²) in [5.74, 6) is -1.70. The number of ether oxygens (including phenoxy) is 1. The Balaban J connectivity index is 1.37. The van der Waals surface area contributed by atoms with Crippen LogP contribution in [0.15, 0.2) is 40.1 Å². The van der Waals surface area contributed by atoms with Crippen LogP contribution in [0.3, 0.4) is 0 Å².